The maximum Gasteiger partial charge on any atom is 0.347 e. The number of nitrogens with one attached hydrogen (secondary N) is 1. The van der Waals surface area contributed by atoms with Crippen LogP contribution in [0.4, 0.5) is 0 Å². The number of aromatic amines is 1. The van der Waals surface area contributed by atoms with Crippen LogP contribution < -0.4 is 11.2 Å². The third kappa shape index (κ3) is 2.08. The molecular weight excluding hydrogens is 270 g/mol. The zero-order valence-electron chi connectivity index (χ0n) is 11.0. The molecule has 1 aromatic rings. The molecule has 2 N–H and O–H groups in total. The SMILES string of the molecule is CC1(C)O[C@@H]2[C@H](O1)[C@H](CO)O[C@@H]2n1ncc(=O)[nH]c1=O. The Morgan fingerprint density at radius 3 is 2.75 bits per heavy atom. The van der Waals surface area contributed by atoms with Crippen molar-refractivity contribution in [1.29, 1.82) is 0 Å². The number of aromatic nitrogens is 3. The molecule has 20 heavy (non-hydrogen) atoms. The summed E-state index contributed by atoms with van der Waals surface area (Å²) in [5.41, 5.74) is -1.29. The molecule has 2 saturated heterocycles. The summed E-state index contributed by atoms with van der Waals surface area (Å²) in [7, 11) is 0. The minimum atomic E-state index is -0.858. The molecule has 0 bridgehead atoms. The van der Waals surface area contributed by atoms with Crippen LogP contribution in [-0.4, -0.2) is 50.6 Å². The first kappa shape index (κ1) is 13.4. The van der Waals surface area contributed by atoms with Crippen molar-refractivity contribution in [2.24, 2.45) is 0 Å². The minimum Gasteiger partial charge on any atom is -0.394 e. The van der Waals surface area contributed by atoms with Gasteiger partial charge in [-0.2, -0.15) is 9.78 Å². The summed E-state index contributed by atoms with van der Waals surface area (Å²) in [6.45, 7) is 3.20. The third-order valence-corrected chi connectivity index (χ3v) is 3.28. The summed E-state index contributed by atoms with van der Waals surface area (Å²) in [4.78, 5) is 24.9. The largest absolute Gasteiger partial charge is 0.394 e. The van der Waals surface area contributed by atoms with Gasteiger partial charge >= 0.3 is 5.69 Å². The zero-order chi connectivity index (χ0) is 14.5. The van der Waals surface area contributed by atoms with Gasteiger partial charge in [-0.1, -0.05) is 0 Å². The second-order valence-electron chi connectivity index (χ2n) is 5.20. The highest BCUT2D eigenvalue weighted by Gasteiger charge is 2.56. The Morgan fingerprint density at radius 2 is 2.10 bits per heavy atom. The van der Waals surface area contributed by atoms with Crippen molar-refractivity contribution < 1.29 is 19.3 Å². The van der Waals surface area contributed by atoms with E-state index < -0.39 is 41.6 Å². The number of rotatable bonds is 2. The standard InChI is InChI=1S/C11H15N3O6/c1-11(2)19-7-5(4-15)18-9(8(7)20-11)14-10(17)13-6(16)3-12-14/h3,5,7-9,15H,4H2,1-2H3,(H,13,16,17)/t5-,7+,8+,9-/m0/s1. The van der Waals surface area contributed by atoms with Gasteiger partial charge in [0.1, 0.15) is 24.5 Å². The van der Waals surface area contributed by atoms with Gasteiger partial charge in [-0.3, -0.25) is 9.78 Å². The number of hydrogen-bond acceptors (Lipinski definition) is 7. The number of nitrogens with zero attached hydrogens (tertiary/aromatic N) is 2. The van der Waals surface area contributed by atoms with Gasteiger partial charge in [0.2, 0.25) is 0 Å². The summed E-state index contributed by atoms with van der Waals surface area (Å²) in [6, 6.07) is 0. The molecule has 0 amide bonds. The lowest BCUT2D eigenvalue weighted by Crippen LogP contribution is -2.39. The zero-order valence-corrected chi connectivity index (χ0v) is 11.0. The summed E-state index contributed by atoms with van der Waals surface area (Å²) >= 11 is 0. The van der Waals surface area contributed by atoms with Gasteiger partial charge in [0.05, 0.1) is 6.61 Å². The number of aliphatic hydroxyl groups is 1. The Labute approximate surface area is 113 Å². The molecule has 0 aliphatic carbocycles. The summed E-state index contributed by atoms with van der Waals surface area (Å²) in [6.07, 6.45) is -1.58. The molecule has 2 fully saturated rings. The second-order valence-corrected chi connectivity index (χ2v) is 5.20. The molecule has 0 unspecified atom stereocenters. The quantitative estimate of drug-likeness (QED) is 0.668. The third-order valence-electron chi connectivity index (χ3n) is 3.28. The maximum absolute atomic E-state index is 11.8. The molecule has 1 aromatic heterocycles. The summed E-state index contributed by atoms with van der Waals surface area (Å²) in [5, 5.41) is 13.1. The first-order valence-electron chi connectivity index (χ1n) is 6.21. The van der Waals surface area contributed by atoms with E-state index in [0.717, 1.165) is 10.9 Å². The van der Waals surface area contributed by atoms with E-state index in [1.807, 2.05) is 0 Å². The van der Waals surface area contributed by atoms with Crippen molar-refractivity contribution in [3.8, 4) is 0 Å². The van der Waals surface area contributed by atoms with Crippen LogP contribution in [0.2, 0.25) is 0 Å². The lowest BCUT2D eigenvalue weighted by Gasteiger charge is -2.23. The van der Waals surface area contributed by atoms with Crippen LogP contribution in [0.5, 0.6) is 0 Å². The van der Waals surface area contributed by atoms with Crippen LogP contribution in [0.3, 0.4) is 0 Å². The molecule has 2 aliphatic rings. The van der Waals surface area contributed by atoms with E-state index in [0.29, 0.717) is 0 Å². The van der Waals surface area contributed by atoms with Gasteiger partial charge in [0.15, 0.2) is 12.0 Å². The molecule has 0 spiro atoms. The Hall–Kier alpha value is -1.55. The van der Waals surface area contributed by atoms with Gasteiger partial charge in [0.25, 0.3) is 5.56 Å². The van der Waals surface area contributed by atoms with Crippen molar-refractivity contribution in [3.05, 3.63) is 27.0 Å². The van der Waals surface area contributed by atoms with E-state index in [9.17, 15) is 14.7 Å². The molecule has 9 nitrogen and oxygen atoms in total. The molecule has 3 rings (SSSR count). The van der Waals surface area contributed by atoms with E-state index >= 15 is 0 Å². The Kier molecular flexibility index (Phi) is 3.01. The fourth-order valence-corrected chi connectivity index (χ4v) is 2.55. The predicted octanol–water partition coefficient (Wildman–Crippen LogP) is -1.66. The Bertz CT molecular complexity index is 623. The second kappa shape index (κ2) is 4.48. The number of H-pyrrole nitrogens is 1. The molecule has 9 heteroatoms. The van der Waals surface area contributed by atoms with Crippen LogP contribution in [0.1, 0.15) is 20.1 Å². The smallest absolute Gasteiger partial charge is 0.347 e. The van der Waals surface area contributed by atoms with Crippen LogP contribution in [-0.2, 0) is 14.2 Å². The maximum atomic E-state index is 11.8. The van der Waals surface area contributed by atoms with Gasteiger partial charge in [0, 0.05) is 0 Å². The first-order valence-corrected chi connectivity index (χ1v) is 6.21. The Morgan fingerprint density at radius 1 is 1.40 bits per heavy atom. The van der Waals surface area contributed by atoms with Crippen molar-refractivity contribution in [3.63, 3.8) is 0 Å². The number of fused-ring (bicyclic) bond motifs is 1. The van der Waals surface area contributed by atoms with E-state index in [1.54, 1.807) is 13.8 Å². The Balaban J connectivity index is 1.98. The lowest BCUT2D eigenvalue weighted by atomic mass is 10.1. The molecule has 0 saturated carbocycles. The van der Waals surface area contributed by atoms with Crippen molar-refractivity contribution >= 4 is 0 Å². The van der Waals surface area contributed by atoms with E-state index in [2.05, 4.69) is 10.1 Å². The molecule has 110 valence electrons. The number of ether oxygens (including phenoxy) is 3. The number of aliphatic hydroxyl groups excluding tert-OH is 1. The number of hydrogen-bond donors (Lipinski definition) is 2. The monoisotopic (exact) mass is 285 g/mol. The van der Waals surface area contributed by atoms with Crippen LogP contribution in [0, 0.1) is 0 Å². The van der Waals surface area contributed by atoms with Crippen molar-refractivity contribution in [1.82, 2.24) is 14.8 Å². The van der Waals surface area contributed by atoms with E-state index in [4.69, 9.17) is 14.2 Å². The highest BCUT2D eigenvalue weighted by atomic mass is 16.8. The molecule has 3 heterocycles. The average molecular weight is 285 g/mol. The molecule has 4 atom stereocenters. The van der Waals surface area contributed by atoms with Gasteiger partial charge in [-0.15, -0.1) is 0 Å². The van der Waals surface area contributed by atoms with Gasteiger partial charge in [-0.25, -0.2) is 4.79 Å². The normalized spacial score (nSPS) is 35.1. The van der Waals surface area contributed by atoms with Gasteiger partial charge in [-0.05, 0) is 13.8 Å². The molecular formula is C11H15N3O6. The first-order chi connectivity index (χ1) is 9.41. The van der Waals surface area contributed by atoms with Crippen LogP contribution in [0.15, 0.2) is 15.8 Å². The lowest BCUT2D eigenvalue weighted by molar-refractivity contribution is -0.202. The fraction of sp³-hybridized carbons (Fsp3) is 0.727. The predicted molar refractivity (Wildman–Crippen MR) is 63.9 cm³/mol. The average Bonchev–Trinajstić information content (AvgIpc) is 2.83. The summed E-state index contributed by atoms with van der Waals surface area (Å²) < 4.78 is 17.9. The van der Waals surface area contributed by atoms with Crippen molar-refractivity contribution in [2.75, 3.05) is 6.61 Å². The topological polar surface area (TPSA) is 116 Å². The molecule has 0 radical (unpaired) electrons. The highest BCUT2D eigenvalue weighted by molar-refractivity contribution is 4.96. The highest BCUT2D eigenvalue weighted by Crippen LogP contribution is 2.41. The molecule has 0 aromatic carbocycles. The van der Waals surface area contributed by atoms with E-state index in [1.165, 1.54) is 0 Å². The van der Waals surface area contributed by atoms with Crippen molar-refractivity contribution in [2.45, 2.75) is 44.2 Å². The van der Waals surface area contributed by atoms with Crippen LogP contribution in [0.25, 0.3) is 0 Å². The van der Waals surface area contributed by atoms with Gasteiger partial charge < -0.3 is 19.3 Å². The van der Waals surface area contributed by atoms with Crippen LogP contribution >= 0.6 is 0 Å². The fourth-order valence-electron chi connectivity index (χ4n) is 2.55. The summed E-state index contributed by atoms with van der Waals surface area (Å²) in [5.74, 6) is -0.837. The van der Waals surface area contributed by atoms with E-state index in [-0.39, 0.29) is 6.61 Å². The minimum absolute atomic E-state index is 0.269. The molecule has 2 aliphatic heterocycles.